The minimum absolute atomic E-state index is 0.00101. The van der Waals surface area contributed by atoms with Crippen LogP contribution in [0.4, 0.5) is 0 Å². The predicted molar refractivity (Wildman–Crippen MR) is 80.5 cm³/mol. The predicted octanol–water partition coefficient (Wildman–Crippen LogP) is 3.58. The normalized spacial score (nSPS) is 16.5. The summed E-state index contributed by atoms with van der Waals surface area (Å²) in [6.45, 7) is 0.539. The molecule has 104 valence electrons. The lowest BCUT2D eigenvalue weighted by Gasteiger charge is -2.14. The molecule has 2 aromatic carbocycles. The molecule has 3 aromatic rings. The van der Waals surface area contributed by atoms with Gasteiger partial charge >= 0.3 is 0 Å². The third kappa shape index (κ3) is 1.99. The largest absolute Gasteiger partial charge is 0.491 e. The highest BCUT2D eigenvalue weighted by molar-refractivity contribution is 6.28. The molecule has 0 aliphatic carbocycles. The van der Waals surface area contributed by atoms with Crippen LogP contribution in [0.2, 0.25) is 5.28 Å². The van der Waals surface area contributed by atoms with E-state index >= 15 is 0 Å². The van der Waals surface area contributed by atoms with Crippen LogP contribution in [-0.2, 0) is 0 Å². The molecular weight excluding hydrogens is 286 g/mol. The van der Waals surface area contributed by atoms with E-state index in [1.54, 1.807) is 0 Å². The van der Waals surface area contributed by atoms with Gasteiger partial charge < -0.3 is 4.74 Å². The topological polar surface area (TPSA) is 39.9 Å². The Morgan fingerprint density at radius 3 is 2.62 bits per heavy atom. The molecule has 5 heteroatoms. The molecule has 0 radical (unpaired) electrons. The van der Waals surface area contributed by atoms with Crippen LogP contribution in [0.5, 0.6) is 5.75 Å². The average molecular weight is 298 g/mol. The second-order valence-electron chi connectivity index (χ2n) is 4.89. The standard InChI is InChI=1S/C16H12ClN3O/c17-16-19-18-15(11-6-2-1-3-7-11)20(16)13-10-21-14-9-5-4-8-12(13)14/h1-9,13H,10H2. The zero-order valence-electron chi connectivity index (χ0n) is 11.1. The van der Waals surface area contributed by atoms with Crippen LogP contribution in [-0.4, -0.2) is 21.4 Å². The fraction of sp³-hybridized carbons (Fsp3) is 0.125. The number of halogens is 1. The lowest BCUT2D eigenvalue weighted by atomic mass is 10.1. The van der Waals surface area contributed by atoms with Crippen LogP contribution in [0.1, 0.15) is 11.6 Å². The maximum Gasteiger partial charge on any atom is 0.226 e. The third-order valence-electron chi connectivity index (χ3n) is 3.67. The van der Waals surface area contributed by atoms with E-state index in [1.807, 2.05) is 53.1 Å². The lowest BCUT2D eigenvalue weighted by Crippen LogP contribution is -2.13. The molecule has 0 saturated heterocycles. The molecule has 0 amide bonds. The smallest absolute Gasteiger partial charge is 0.226 e. The summed E-state index contributed by atoms with van der Waals surface area (Å²) < 4.78 is 7.68. The van der Waals surface area contributed by atoms with Gasteiger partial charge in [-0.1, -0.05) is 48.5 Å². The van der Waals surface area contributed by atoms with E-state index in [1.165, 1.54) is 0 Å². The van der Waals surface area contributed by atoms with Crippen LogP contribution in [0.15, 0.2) is 54.6 Å². The van der Waals surface area contributed by atoms with Gasteiger partial charge in [-0.25, -0.2) is 0 Å². The van der Waals surface area contributed by atoms with Gasteiger partial charge in [-0.05, 0) is 17.7 Å². The van der Waals surface area contributed by atoms with E-state index < -0.39 is 0 Å². The van der Waals surface area contributed by atoms with Gasteiger partial charge in [0.05, 0.1) is 0 Å². The zero-order valence-corrected chi connectivity index (χ0v) is 11.9. The van der Waals surface area contributed by atoms with E-state index in [0.717, 1.165) is 22.7 Å². The number of ether oxygens (including phenoxy) is 1. The number of benzene rings is 2. The van der Waals surface area contributed by atoms with Gasteiger partial charge in [0.1, 0.15) is 18.4 Å². The molecule has 1 aliphatic heterocycles. The van der Waals surface area contributed by atoms with Crippen molar-refractivity contribution >= 4 is 11.6 Å². The first-order valence-electron chi connectivity index (χ1n) is 6.72. The second kappa shape index (κ2) is 4.90. The van der Waals surface area contributed by atoms with Crippen LogP contribution >= 0.6 is 11.6 Å². The van der Waals surface area contributed by atoms with Crippen LogP contribution in [0.3, 0.4) is 0 Å². The first-order chi connectivity index (χ1) is 10.3. The van der Waals surface area contributed by atoms with E-state index in [9.17, 15) is 0 Å². The van der Waals surface area contributed by atoms with Crippen LogP contribution in [0.25, 0.3) is 11.4 Å². The fourth-order valence-corrected chi connectivity index (χ4v) is 2.93. The molecule has 1 aliphatic rings. The summed E-state index contributed by atoms with van der Waals surface area (Å²) in [5.74, 6) is 1.65. The lowest BCUT2D eigenvalue weighted by molar-refractivity contribution is 0.317. The number of fused-ring (bicyclic) bond motifs is 1. The van der Waals surface area contributed by atoms with E-state index in [4.69, 9.17) is 16.3 Å². The minimum Gasteiger partial charge on any atom is -0.491 e. The number of hydrogen-bond acceptors (Lipinski definition) is 3. The van der Waals surface area contributed by atoms with Gasteiger partial charge in [0.15, 0.2) is 5.82 Å². The van der Waals surface area contributed by atoms with Crippen molar-refractivity contribution in [3.8, 4) is 17.1 Å². The van der Waals surface area contributed by atoms with Gasteiger partial charge in [0.25, 0.3) is 0 Å². The van der Waals surface area contributed by atoms with Crippen molar-refractivity contribution in [2.24, 2.45) is 0 Å². The van der Waals surface area contributed by atoms with E-state index in [0.29, 0.717) is 11.9 Å². The summed E-state index contributed by atoms with van der Waals surface area (Å²) in [5.41, 5.74) is 2.10. The third-order valence-corrected chi connectivity index (χ3v) is 3.93. The summed E-state index contributed by atoms with van der Waals surface area (Å²) in [5, 5.41) is 8.64. The van der Waals surface area contributed by atoms with Crippen molar-refractivity contribution < 1.29 is 4.74 Å². The average Bonchev–Trinajstić information content (AvgIpc) is 3.11. The van der Waals surface area contributed by atoms with Crippen LogP contribution < -0.4 is 4.74 Å². The summed E-state index contributed by atoms with van der Waals surface area (Å²) in [7, 11) is 0. The summed E-state index contributed by atoms with van der Waals surface area (Å²) >= 11 is 6.28. The number of rotatable bonds is 2. The van der Waals surface area contributed by atoms with Crippen molar-refractivity contribution in [1.29, 1.82) is 0 Å². The Balaban J connectivity index is 1.86. The Morgan fingerprint density at radius 2 is 1.76 bits per heavy atom. The molecule has 1 unspecified atom stereocenters. The number of nitrogens with zero attached hydrogens (tertiary/aromatic N) is 3. The molecule has 0 spiro atoms. The van der Waals surface area contributed by atoms with Crippen molar-refractivity contribution in [2.75, 3.05) is 6.61 Å². The Bertz CT molecular complexity index is 785. The van der Waals surface area contributed by atoms with Crippen molar-refractivity contribution in [1.82, 2.24) is 14.8 Å². The van der Waals surface area contributed by atoms with Crippen molar-refractivity contribution in [3.63, 3.8) is 0 Å². The summed E-state index contributed by atoms with van der Waals surface area (Å²) in [4.78, 5) is 0. The Kier molecular flexibility index (Phi) is 2.89. The van der Waals surface area contributed by atoms with Crippen molar-refractivity contribution in [2.45, 2.75) is 6.04 Å². The molecule has 21 heavy (non-hydrogen) atoms. The molecule has 0 N–H and O–H groups in total. The molecule has 2 heterocycles. The van der Waals surface area contributed by atoms with Gasteiger partial charge in [0, 0.05) is 11.1 Å². The molecule has 4 rings (SSSR count). The highest BCUT2D eigenvalue weighted by Gasteiger charge is 2.29. The van der Waals surface area contributed by atoms with Gasteiger partial charge in [-0.2, -0.15) is 0 Å². The quantitative estimate of drug-likeness (QED) is 0.726. The molecular formula is C16H12ClN3O. The molecule has 1 aromatic heterocycles. The highest BCUT2D eigenvalue weighted by Crippen LogP contribution is 2.38. The first kappa shape index (κ1) is 12.4. The molecule has 1 atom stereocenters. The number of para-hydroxylation sites is 1. The van der Waals surface area contributed by atoms with E-state index in [2.05, 4.69) is 16.3 Å². The SMILES string of the molecule is Clc1nnc(-c2ccccc2)n1C1COc2ccccc21. The summed E-state index contributed by atoms with van der Waals surface area (Å²) in [6.07, 6.45) is 0. The van der Waals surface area contributed by atoms with E-state index in [-0.39, 0.29) is 6.04 Å². The number of aromatic nitrogens is 3. The Morgan fingerprint density at radius 1 is 1.00 bits per heavy atom. The summed E-state index contributed by atoms with van der Waals surface area (Å²) in [6, 6.07) is 17.9. The first-order valence-corrected chi connectivity index (χ1v) is 7.10. The molecule has 0 fully saturated rings. The number of hydrogen-bond donors (Lipinski definition) is 0. The van der Waals surface area contributed by atoms with Gasteiger partial charge in [0.2, 0.25) is 5.28 Å². The minimum atomic E-state index is -0.00101. The highest BCUT2D eigenvalue weighted by atomic mass is 35.5. The van der Waals surface area contributed by atoms with Crippen LogP contribution in [0, 0.1) is 0 Å². The maximum atomic E-state index is 6.28. The fourth-order valence-electron chi connectivity index (χ4n) is 2.69. The zero-order chi connectivity index (χ0) is 14.2. The Hall–Kier alpha value is -2.33. The van der Waals surface area contributed by atoms with Gasteiger partial charge in [-0.15, -0.1) is 10.2 Å². The molecule has 0 saturated carbocycles. The monoisotopic (exact) mass is 297 g/mol. The molecule has 4 nitrogen and oxygen atoms in total. The van der Waals surface area contributed by atoms with Gasteiger partial charge in [-0.3, -0.25) is 4.57 Å². The second-order valence-corrected chi connectivity index (χ2v) is 5.23. The molecule has 0 bridgehead atoms. The van der Waals surface area contributed by atoms with Crippen molar-refractivity contribution in [3.05, 3.63) is 65.4 Å². The maximum absolute atomic E-state index is 6.28. The Labute approximate surface area is 127 Å².